The van der Waals surface area contributed by atoms with Gasteiger partial charge in [0.15, 0.2) is 5.78 Å². The number of ketones is 1. The minimum absolute atomic E-state index is 0.00195. The van der Waals surface area contributed by atoms with Crippen molar-refractivity contribution in [1.82, 2.24) is 4.90 Å². The summed E-state index contributed by atoms with van der Waals surface area (Å²) < 4.78 is 5.10. The Morgan fingerprint density at radius 1 is 1.44 bits per heavy atom. The maximum atomic E-state index is 12.1. The van der Waals surface area contributed by atoms with E-state index in [2.05, 4.69) is 0 Å². The lowest BCUT2D eigenvalue weighted by molar-refractivity contribution is 0.0909. The van der Waals surface area contributed by atoms with Crippen LogP contribution in [0.2, 0.25) is 0 Å². The fourth-order valence-electron chi connectivity index (χ4n) is 1.69. The first-order chi connectivity index (χ1) is 7.54. The summed E-state index contributed by atoms with van der Waals surface area (Å²) in [5.74, 6) is 0.887. The summed E-state index contributed by atoms with van der Waals surface area (Å²) in [6.07, 6.45) is 0. The summed E-state index contributed by atoms with van der Waals surface area (Å²) >= 11 is 0. The number of hydrogen-bond acceptors (Lipinski definition) is 3. The number of Topliss-reactive ketones (excluding diaryl/α,β-unsaturated/α-hetero) is 1. The Hall–Kier alpha value is -1.35. The number of carbonyl (C=O) groups is 1. The van der Waals surface area contributed by atoms with Crippen molar-refractivity contribution in [3.05, 3.63) is 29.8 Å². The number of methoxy groups -OCH3 is 1. The van der Waals surface area contributed by atoms with E-state index in [1.165, 1.54) is 0 Å². The van der Waals surface area contributed by atoms with Gasteiger partial charge < -0.3 is 9.64 Å². The Morgan fingerprint density at radius 3 is 2.69 bits per heavy atom. The van der Waals surface area contributed by atoms with Crippen LogP contribution in [-0.4, -0.2) is 38.4 Å². The van der Waals surface area contributed by atoms with E-state index < -0.39 is 0 Å². The van der Waals surface area contributed by atoms with Gasteiger partial charge in [-0.15, -0.1) is 0 Å². The van der Waals surface area contributed by atoms with E-state index in [9.17, 15) is 4.79 Å². The molecule has 3 heteroatoms. The van der Waals surface area contributed by atoms with Crippen LogP contribution in [0.3, 0.4) is 0 Å². The monoisotopic (exact) mass is 221 g/mol. The van der Waals surface area contributed by atoms with Gasteiger partial charge in [0.2, 0.25) is 0 Å². The van der Waals surface area contributed by atoms with E-state index in [1.807, 2.05) is 44.1 Å². The van der Waals surface area contributed by atoms with Crippen LogP contribution in [0.15, 0.2) is 24.3 Å². The van der Waals surface area contributed by atoms with Crippen molar-refractivity contribution in [1.29, 1.82) is 0 Å². The lowest BCUT2D eigenvalue weighted by Crippen LogP contribution is -2.25. The molecule has 0 saturated heterocycles. The lowest BCUT2D eigenvalue weighted by atomic mass is 9.99. The third-order valence-electron chi connectivity index (χ3n) is 2.44. The normalized spacial score (nSPS) is 12.6. The van der Waals surface area contributed by atoms with Crippen LogP contribution < -0.4 is 4.74 Å². The SMILES string of the molecule is COc1cccc(C(=O)[C@H](C)CN(C)C)c1. The molecule has 0 unspecified atom stereocenters. The van der Waals surface area contributed by atoms with Crippen molar-refractivity contribution in [2.75, 3.05) is 27.7 Å². The quantitative estimate of drug-likeness (QED) is 0.713. The molecule has 16 heavy (non-hydrogen) atoms. The van der Waals surface area contributed by atoms with Crippen LogP contribution in [0, 0.1) is 5.92 Å². The summed E-state index contributed by atoms with van der Waals surface area (Å²) in [6, 6.07) is 7.30. The lowest BCUT2D eigenvalue weighted by Gasteiger charge is -2.16. The van der Waals surface area contributed by atoms with E-state index in [0.29, 0.717) is 5.56 Å². The van der Waals surface area contributed by atoms with Gasteiger partial charge in [0.05, 0.1) is 7.11 Å². The van der Waals surface area contributed by atoms with Crippen LogP contribution in [0.4, 0.5) is 0 Å². The number of rotatable bonds is 5. The third kappa shape index (κ3) is 3.35. The first-order valence-electron chi connectivity index (χ1n) is 5.37. The molecule has 0 aliphatic rings. The van der Waals surface area contributed by atoms with Crippen molar-refractivity contribution in [2.45, 2.75) is 6.92 Å². The molecular weight excluding hydrogens is 202 g/mol. The van der Waals surface area contributed by atoms with Crippen LogP contribution >= 0.6 is 0 Å². The van der Waals surface area contributed by atoms with Crippen molar-refractivity contribution in [3.8, 4) is 5.75 Å². The van der Waals surface area contributed by atoms with E-state index in [-0.39, 0.29) is 11.7 Å². The molecule has 0 saturated carbocycles. The Morgan fingerprint density at radius 2 is 2.12 bits per heavy atom. The van der Waals surface area contributed by atoms with Gasteiger partial charge >= 0.3 is 0 Å². The van der Waals surface area contributed by atoms with Gasteiger partial charge in [-0.2, -0.15) is 0 Å². The van der Waals surface area contributed by atoms with Crippen LogP contribution in [0.25, 0.3) is 0 Å². The van der Waals surface area contributed by atoms with Crippen molar-refractivity contribution < 1.29 is 9.53 Å². The number of ether oxygens (including phenoxy) is 1. The summed E-state index contributed by atoms with van der Waals surface area (Å²) in [7, 11) is 5.54. The first kappa shape index (κ1) is 12.7. The molecule has 1 aromatic rings. The van der Waals surface area contributed by atoms with Gasteiger partial charge in [-0.1, -0.05) is 19.1 Å². The molecule has 0 aromatic heterocycles. The predicted octanol–water partition coefficient (Wildman–Crippen LogP) is 2.08. The molecule has 0 heterocycles. The molecule has 0 aliphatic carbocycles. The van der Waals surface area contributed by atoms with Gasteiger partial charge in [-0.25, -0.2) is 0 Å². The van der Waals surface area contributed by atoms with Crippen LogP contribution in [0.1, 0.15) is 17.3 Å². The second-order valence-electron chi connectivity index (χ2n) is 4.26. The van der Waals surface area contributed by atoms with Gasteiger partial charge in [0.25, 0.3) is 0 Å². The van der Waals surface area contributed by atoms with Crippen molar-refractivity contribution in [3.63, 3.8) is 0 Å². The Bertz CT molecular complexity index is 361. The number of carbonyl (C=O) groups excluding carboxylic acids is 1. The zero-order valence-electron chi connectivity index (χ0n) is 10.4. The third-order valence-corrected chi connectivity index (χ3v) is 2.44. The summed E-state index contributed by atoms with van der Waals surface area (Å²) in [6.45, 7) is 2.71. The van der Waals surface area contributed by atoms with Gasteiger partial charge in [-0.3, -0.25) is 4.79 Å². The minimum Gasteiger partial charge on any atom is -0.497 e. The van der Waals surface area contributed by atoms with Gasteiger partial charge in [-0.05, 0) is 26.2 Å². The molecule has 3 nitrogen and oxygen atoms in total. The number of hydrogen-bond donors (Lipinski definition) is 0. The number of benzene rings is 1. The molecular formula is C13H19NO2. The molecule has 1 aromatic carbocycles. The van der Waals surface area contributed by atoms with E-state index in [4.69, 9.17) is 4.74 Å². The molecule has 0 radical (unpaired) electrons. The predicted molar refractivity (Wildman–Crippen MR) is 65.0 cm³/mol. The van der Waals surface area contributed by atoms with E-state index in [0.717, 1.165) is 12.3 Å². The average molecular weight is 221 g/mol. The maximum absolute atomic E-state index is 12.1. The molecule has 0 bridgehead atoms. The standard InChI is InChI=1S/C13H19NO2/c1-10(9-14(2)3)13(15)11-6-5-7-12(8-11)16-4/h5-8,10H,9H2,1-4H3/t10-/m1/s1. The molecule has 0 N–H and O–H groups in total. The zero-order valence-corrected chi connectivity index (χ0v) is 10.4. The molecule has 1 atom stereocenters. The highest BCUT2D eigenvalue weighted by atomic mass is 16.5. The highest BCUT2D eigenvalue weighted by molar-refractivity contribution is 5.98. The Labute approximate surface area is 97.0 Å². The molecule has 0 spiro atoms. The summed E-state index contributed by atoms with van der Waals surface area (Å²) in [4.78, 5) is 14.1. The Kier molecular flexibility index (Phi) is 4.50. The van der Waals surface area contributed by atoms with E-state index in [1.54, 1.807) is 13.2 Å². The van der Waals surface area contributed by atoms with Crippen molar-refractivity contribution in [2.24, 2.45) is 5.92 Å². The Balaban J connectivity index is 2.79. The molecule has 1 rings (SSSR count). The van der Waals surface area contributed by atoms with Crippen LogP contribution in [0.5, 0.6) is 5.75 Å². The molecule has 88 valence electrons. The summed E-state index contributed by atoms with van der Waals surface area (Å²) in [5, 5.41) is 0. The van der Waals surface area contributed by atoms with Gasteiger partial charge in [0, 0.05) is 18.0 Å². The highest BCUT2D eigenvalue weighted by Gasteiger charge is 2.16. The summed E-state index contributed by atoms with van der Waals surface area (Å²) in [5.41, 5.74) is 0.716. The fraction of sp³-hybridized carbons (Fsp3) is 0.462. The van der Waals surface area contributed by atoms with Crippen LogP contribution in [-0.2, 0) is 0 Å². The maximum Gasteiger partial charge on any atom is 0.167 e. The highest BCUT2D eigenvalue weighted by Crippen LogP contribution is 2.16. The average Bonchev–Trinajstić information content (AvgIpc) is 2.27. The fourth-order valence-corrected chi connectivity index (χ4v) is 1.69. The second-order valence-corrected chi connectivity index (χ2v) is 4.26. The second kappa shape index (κ2) is 5.66. The number of nitrogens with zero attached hydrogens (tertiary/aromatic N) is 1. The van der Waals surface area contributed by atoms with E-state index >= 15 is 0 Å². The molecule has 0 fully saturated rings. The van der Waals surface area contributed by atoms with Gasteiger partial charge in [0.1, 0.15) is 5.75 Å². The van der Waals surface area contributed by atoms with Crippen molar-refractivity contribution >= 4 is 5.78 Å². The molecule has 0 amide bonds. The molecule has 0 aliphatic heterocycles. The minimum atomic E-state index is 0.00195. The zero-order chi connectivity index (χ0) is 12.1. The largest absolute Gasteiger partial charge is 0.497 e. The topological polar surface area (TPSA) is 29.5 Å². The first-order valence-corrected chi connectivity index (χ1v) is 5.37. The smallest absolute Gasteiger partial charge is 0.167 e.